The predicted molar refractivity (Wildman–Crippen MR) is 108 cm³/mol. The molecule has 0 aromatic carbocycles. The molecule has 0 aliphatic heterocycles. The third-order valence-electron chi connectivity index (χ3n) is 4.61. The Morgan fingerprint density at radius 3 is 1.54 bits per heavy atom. The van der Waals surface area contributed by atoms with Crippen LogP contribution in [0.2, 0.25) is 0 Å². The van der Waals surface area contributed by atoms with Crippen molar-refractivity contribution in [1.82, 2.24) is 0 Å². The largest absolute Gasteiger partial charge is 0.327 e. The number of hydrogen-bond donors (Lipinski definition) is 0. The fraction of sp³-hybridized carbons (Fsp3) is 1.00. The molecule has 26 heavy (non-hydrogen) atoms. The van der Waals surface area contributed by atoms with Crippen molar-refractivity contribution in [2.45, 2.75) is 111 Å². The Kier molecular flexibility index (Phi) is 18.1. The minimum atomic E-state index is -0.999. The molecule has 0 bridgehead atoms. The third kappa shape index (κ3) is 11.5. The van der Waals surface area contributed by atoms with Crippen molar-refractivity contribution in [2.75, 3.05) is 26.5 Å². The molecule has 0 fully saturated rings. The van der Waals surface area contributed by atoms with Gasteiger partial charge in [0.1, 0.15) is 0 Å². The number of ether oxygens (including phenoxy) is 3. The Hall–Kier alpha value is -0.190. The lowest BCUT2D eigenvalue weighted by Gasteiger charge is -2.40. The van der Waals surface area contributed by atoms with E-state index in [1.54, 1.807) is 0 Å². The average Bonchev–Trinajstić information content (AvgIpc) is 2.67. The van der Waals surface area contributed by atoms with Gasteiger partial charge >= 0.3 is 0 Å². The van der Waals surface area contributed by atoms with Gasteiger partial charge in [-0.1, -0.05) is 66.2 Å². The van der Waals surface area contributed by atoms with Crippen LogP contribution in [-0.2, 0) is 14.2 Å². The summed E-state index contributed by atoms with van der Waals surface area (Å²) in [4.78, 5) is 0. The summed E-state index contributed by atoms with van der Waals surface area (Å²) in [5, 5.41) is 0. The van der Waals surface area contributed by atoms with Gasteiger partial charge in [0.2, 0.25) is 0 Å². The van der Waals surface area contributed by atoms with Crippen molar-refractivity contribution in [2.24, 2.45) is 5.92 Å². The molecular formula is C22H45FO3. The van der Waals surface area contributed by atoms with Gasteiger partial charge < -0.3 is 14.2 Å². The van der Waals surface area contributed by atoms with Gasteiger partial charge in [-0.05, 0) is 38.5 Å². The van der Waals surface area contributed by atoms with Crippen molar-refractivity contribution < 1.29 is 18.6 Å². The fourth-order valence-electron chi connectivity index (χ4n) is 3.20. The maximum atomic E-state index is 12.9. The van der Waals surface area contributed by atoms with E-state index >= 15 is 0 Å². The number of alkyl halides is 1. The first-order chi connectivity index (χ1) is 12.7. The summed E-state index contributed by atoms with van der Waals surface area (Å²) in [6.07, 6.45) is 12.5. The molecule has 3 nitrogen and oxygen atoms in total. The molecule has 0 aliphatic rings. The van der Waals surface area contributed by atoms with Crippen molar-refractivity contribution in [3.8, 4) is 0 Å². The van der Waals surface area contributed by atoms with Crippen LogP contribution in [0.25, 0.3) is 0 Å². The van der Waals surface area contributed by atoms with Gasteiger partial charge in [-0.2, -0.15) is 0 Å². The molecule has 0 aromatic rings. The van der Waals surface area contributed by atoms with E-state index in [2.05, 4.69) is 27.7 Å². The Labute approximate surface area is 162 Å². The van der Waals surface area contributed by atoms with Gasteiger partial charge in [0.05, 0.1) is 26.5 Å². The molecule has 0 amide bonds. The van der Waals surface area contributed by atoms with Crippen molar-refractivity contribution in [3.05, 3.63) is 0 Å². The Morgan fingerprint density at radius 1 is 0.615 bits per heavy atom. The van der Waals surface area contributed by atoms with E-state index in [1.807, 2.05) is 0 Å². The van der Waals surface area contributed by atoms with Crippen LogP contribution in [0.4, 0.5) is 4.39 Å². The Morgan fingerprint density at radius 2 is 1.08 bits per heavy atom. The number of hydrogen-bond acceptors (Lipinski definition) is 3. The summed E-state index contributed by atoms with van der Waals surface area (Å²) in [5.74, 6) is -0.908. The lowest BCUT2D eigenvalue weighted by molar-refractivity contribution is -0.406. The maximum Gasteiger partial charge on any atom is 0.285 e. The van der Waals surface area contributed by atoms with E-state index in [0.29, 0.717) is 26.2 Å². The van der Waals surface area contributed by atoms with Gasteiger partial charge in [0.25, 0.3) is 5.97 Å². The molecule has 0 saturated carbocycles. The molecule has 0 aromatic heterocycles. The molecule has 0 N–H and O–H groups in total. The highest BCUT2D eigenvalue weighted by atomic mass is 19.1. The second-order valence-corrected chi connectivity index (χ2v) is 7.23. The van der Waals surface area contributed by atoms with E-state index in [4.69, 9.17) is 14.2 Å². The topological polar surface area (TPSA) is 27.7 Å². The fourth-order valence-corrected chi connectivity index (χ4v) is 3.20. The minimum absolute atomic E-state index is 0.0917. The molecule has 4 heteroatoms. The second kappa shape index (κ2) is 18.2. The molecule has 0 rings (SSSR count). The lowest BCUT2D eigenvalue weighted by Crippen LogP contribution is -2.47. The standard InChI is InChI=1S/C22H45FO3/c1-5-9-10-11-12-13-15-21(16-14-17-23)22(24-18-6-2,25-19-7-3)26-20-8-4/h21H,5-20H2,1-4H3. The van der Waals surface area contributed by atoms with Crippen molar-refractivity contribution in [1.29, 1.82) is 0 Å². The first kappa shape index (κ1) is 25.8. The highest BCUT2D eigenvalue weighted by molar-refractivity contribution is 4.73. The summed E-state index contributed by atoms with van der Waals surface area (Å²) in [5.41, 5.74) is 0. The molecule has 0 aliphatic carbocycles. The van der Waals surface area contributed by atoms with E-state index in [0.717, 1.165) is 38.5 Å². The van der Waals surface area contributed by atoms with Crippen LogP contribution in [0.3, 0.4) is 0 Å². The van der Waals surface area contributed by atoms with Crippen LogP contribution in [0.1, 0.15) is 105 Å². The zero-order chi connectivity index (χ0) is 19.5. The van der Waals surface area contributed by atoms with Crippen LogP contribution in [0.15, 0.2) is 0 Å². The van der Waals surface area contributed by atoms with Crippen LogP contribution < -0.4 is 0 Å². The maximum absolute atomic E-state index is 12.9. The summed E-state index contributed by atoms with van der Waals surface area (Å²) in [6, 6.07) is 0. The Balaban J connectivity index is 4.98. The molecule has 158 valence electrons. The zero-order valence-corrected chi connectivity index (χ0v) is 18.0. The molecule has 0 spiro atoms. The molecular weight excluding hydrogens is 331 g/mol. The first-order valence-corrected chi connectivity index (χ1v) is 11.2. The van der Waals surface area contributed by atoms with Gasteiger partial charge in [0, 0.05) is 5.92 Å². The SMILES string of the molecule is CCCCCCCCC(CCCF)C(OCCC)(OCCC)OCCC. The van der Waals surface area contributed by atoms with Crippen molar-refractivity contribution >= 4 is 0 Å². The quantitative estimate of drug-likeness (QED) is 0.168. The number of halogens is 1. The predicted octanol–water partition coefficient (Wildman–Crippen LogP) is 7.04. The molecule has 1 atom stereocenters. The van der Waals surface area contributed by atoms with Crippen LogP contribution in [0.5, 0.6) is 0 Å². The van der Waals surface area contributed by atoms with Gasteiger partial charge in [0.15, 0.2) is 0 Å². The highest BCUT2D eigenvalue weighted by Gasteiger charge is 2.41. The smallest absolute Gasteiger partial charge is 0.285 e. The normalized spacial score (nSPS) is 13.3. The molecule has 1 unspecified atom stereocenters. The molecule has 0 saturated heterocycles. The zero-order valence-electron chi connectivity index (χ0n) is 18.0. The first-order valence-electron chi connectivity index (χ1n) is 11.2. The number of unbranched alkanes of at least 4 members (excludes halogenated alkanes) is 5. The van der Waals surface area contributed by atoms with Gasteiger partial charge in [-0.25, -0.2) is 0 Å². The van der Waals surface area contributed by atoms with Gasteiger partial charge in [-0.15, -0.1) is 0 Å². The van der Waals surface area contributed by atoms with E-state index in [-0.39, 0.29) is 12.6 Å². The summed E-state index contributed by atoms with van der Waals surface area (Å²) >= 11 is 0. The van der Waals surface area contributed by atoms with Crippen LogP contribution in [0, 0.1) is 5.92 Å². The van der Waals surface area contributed by atoms with E-state index in [9.17, 15) is 4.39 Å². The summed E-state index contributed by atoms with van der Waals surface area (Å²) < 4.78 is 31.4. The van der Waals surface area contributed by atoms with Gasteiger partial charge in [-0.3, -0.25) is 4.39 Å². The van der Waals surface area contributed by atoms with Crippen LogP contribution >= 0.6 is 0 Å². The monoisotopic (exact) mass is 376 g/mol. The average molecular weight is 377 g/mol. The van der Waals surface area contributed by atoms with E-state index in [1.165, 1.54) is 32.1 Å². The van der Waals surface area contributed by atoms with E-state index < -0.39 is 5.97 Å². The minimum Gasteiger partial charge on any atom is -0.327 e. The van der Waals surface area contributed by atoms with Crippen LogP contribution in [-0.4, -0.2) is 32.5 Å². The third-order valence-corrected chi connectivity index (χ3v) is 4.61. The summed E-state index contributed by atoms with van der Waals surface area (Å²) in [7, 11) is 0. The van der Waals surface area contributed by atoms with Crippen molar-refractivity contribution in [3.63, 3.8) is 0 Å². The second-order valence-electron chi connectivity index (χ2n) is 7.23. The molecule has 0 radical (unpaired) electrons. The Bertz CT molecular complexity index is 265. The molecule has 0 heterocycles. The summed E-state index contributed by atoms with van der Waals surface area (Å²) in [6.45, 7) is 10.0. The lowest BCUT2D eigenvalue weighted by atomic mass is 9.93. The number of rotatable bonds is 20. The highest BCUT2D eigenvalue weighted by Crippen LogP contribution is 2.34.